The molecule has 6 heteroatoms. The van der Waals surface area contributed by atoms with Gasteiger partial charge in [-0.15, -0.1) is 0 Å². The molecule has 0 spiro atoms. The summed E-state index contributed by atoms with van der Waals surface area (Å²) in [5.41, 5.74) is 0.462. The molecule has 3 rings (SSSR count). The second-order valence-corrected chi connectivity index (χ2v) is 4.47. The first kappa shape index (κ1) is 13.4. The molecule has 3 aromatic rings. The second kappa shape index (κ2) is 4.73. The lowest BCUT2D eigenvalue weighted by Gasteiger charge is -2.07. The van der Waals surface area contributed by atoms with E-state index < -0.39 is 11.7 Å². The number of rotatable bonds is 2. The van der Waals surface area contributed by atoms with E-state index in [4.69, 9.17) is 0 Å². The number of halogens is 3. The summed E-state index contributed by atoms with van der Waals surface area (Å²) in [4.78, 5) is 15.5. The standard InChI is InChI=1S/C15H9F3N2O/c16-15(17,18)11-5-3-4-10(8-11)14-12(9-21)20-7-2-1-6-13(20)19-14/h1-9H. The molecule has 0 atom stereocenters. The molecule has 0 bridgehead atoms. The van der Waals surface area contributed by atoms with Crippen LogP contribution in [-0.4, -0.2) is 15.7 Å². The van der Waals surface area contributed by atoms with Crippen molar-refractivity contribution in [3.8, 4) is 11.3 Å². The summed E-state index contributed by atoms with van der Waals surface area (Å²) in [6.07, 6.45) is -2.20. The molecule has 3 nitrogen and oxygen atoms in total. The number of carbonyl (C=O) groups is 1. The maximum atomic E-state index is 12.8. The van der Waals surface area contributed by atoms with E-state index in [1.54, 1.807) is 28.8 Å². The van der Waals surface area contributed by atoms with Crippen molar-refractivity contribution in [1.82, 2.24) is 9.38 Å². The average molecular weight is 290 g/mol. The van der Waals surface area contributed by atoms with Crippen LogP contribution in [0.2, 0.25) is 0 Å². The Bertz CT molecular complexity index is 821. The number of aromatic nitrogens is 2. The topological polar surface area (TPSA) is 34.4 Å². The molecule has 0 fully saturated rings. The first-order valence-corrected chi connectivity index (χ1v) is 6.10. The van der Waals surface area contributed by atoms with E-state index in [1.807, 2.05) is 0 Å². The third-order valence-electron chi connectivity index (χ3n) is 3.14. The predicted octanol–water partition coefficient (Wildman–Crippen LogP) is 3.83. The summed E-state index contributed by atoms with van der Waals surface area (Å²) < 4.78 is 39.9. The van der Waals surface area contributed by atoms with Crippen LogP contribution in [0.15, 0.2) is 48.7 Å². The van der Waals surface area contributed by atoms with Gasteiger partial charge < -0.3 is 0 Å². The summed E-state index contributed by atoms with van der Waals surface area (Å²) in [7, 11) is 0. The molecule has 0 saturated carbocycles. The zero-order valence-electron chi connectivity index (χ0n) is 10.6. The first-order chi connectivity index (χ1) is 10.0. The van der Waals surface area contributed by atoms with Crippen LogP contribution in [-0.2, 0) is 6.18 Å². The molecule has 0 saturated heterocycles. The third-order valence-corrected chi connectivity index (χ3v) is 3.14. The van der Waals surface area contributed by atoms with Gasteiger partial charge in [0.1, 0.15) is 17.0 Å². The fourth-order valence-corrected chi connectivity index (χ4v) is 2.18. The van der Waals surface area contributed by atoms with Gasteiger partial charge in [0, 0.05) is 11.8 Å². The summed E-state index contributed by atoms with van der Waals surface area (Å²) in [5.74, 6) is 0. The zero-order chi connectivity index (χ0) is 15.0. The zero-order valence-corrected chi connectivity index (χ0v) is 10.6. The molecule has 0 radical (unpaired) electrons. The molecule has 0 aliphatic rings. The van der Waals surface area contributed by atoms with Gasteiger partial charge in [-0.3, -0.25) is 9.20 Å². The van der Waals surface area contributed by atoms with Crippen molar-refractivity contribution in [3.63, 3.8) is 0 Å². The summed E-state index contributed by atoms with van der Waals surface area (Å²) in [6, 6.07) is 9.93. The molecular formula is C15H9F3N2O. The Hall–Kier alpha value is -2.63. The molecule has 0 unspecified atom stereocenters. The van der Waals surface area contributed by atoms with E-state index in [0.717, 1.165) is 12.1 Å². The Balaban J connectivity index is 2.23. The van der Waals surface area contributed by atoms with Crippen molar-refractivity contribution >= 4 is 11.9 Å². The maximum absolute atomic E-state index is 12.8. The maximum Gasteiger partial charge on any atom is 0.416 e. The van der Waals surface area contributed by atoms with Gasteiger partial charge in [0.25, 0.3) is 0 Å². The van der Waals surface area contributed by atoms with Crippen LogP contribution in [0.5, 0.6) is 0 Å². The van der Waals surface area contributed by atoms with Crippen LogP contribution >= 0.6 is 0 Å². The first-order valence-electron chi connectivity index (χ1n) is 6.10. The number of carbonyl (C=O) groups excluding carboxylic acids is 1. The van der Waals surface area contributed by atoms with Gasteiger partial charge in [-0.1, -0.05) is 18.2 Å². The van der Waals surface area contributed by atoms with Crippen molar-refractivity contribution < 1.29 is 18.0 Å². The highest BCUT2D eigenvalue weighted by Gasteiger charge is 2.30. The molecular weight excluding hydrogens is 281 g/mol. The Kier molecular flexibility index (Phi) is 3.01. The molecule has 2 heterocycles. The molecule has 0 aliphatic carbocycles. The van der Waals surface area contributed by atoms with Crippen LogP contribution in [0.25, 0.3) is 16.9 Å². The van der Waals surface area contributed by atoms with Crippen molar-refractivity contribution in [2.75, 3.05) is 0 Å². The number of aldehydes is 1. The largest absolute Gasteiger partial charge is 0.416 e. The molecule has 106 valence electrons. The minimum absolute atomic E-state index is 0.227. The van der Waals surface area contributed by atoms with E-state index >= 15 is 0 Å². The highest BCUT2D eigenvalue weighted by Crippen LogP contribution is 2.32. The number of nitrogens with zero attached hydrogens (tertiary/aromatic N) is 2. The van der Waals surface area contributed by atoms with E-state index in [0.29, 0.717) is 11.9 Å². The highest BCUT2D eigenvalue weighted by atomic mass is 19.4. The molecule has 21 heavy (non-hydrogen) atoms. The third kappa shape index (κ3) is 2.29. The predicted molar refractivity (Wildman–Crippen MR) is 71.0 cm³/mol. The summed E-state index contributed by atoms with van der Waals surface area (Å²) >= 11 is 0. The van der Waals surface area contributed by atoms with Gasteiger partial charge in [-0.05, 0) is 24.3 Å². The average Bonchev–Trinajstić information content (AvgIpc) is 2.85. The minimum atomic E-state index is -4.43. The number of benzene rings is 1. The summed E-state index contributed by atoms with van der Waals surface area (Å²) in [5, 5.41) is 0. The van der Waals surface area contributed by atoms with Crippen molar-refractivity contribution in [1.29, 1.82) is 0 Å². The number of alkyl halides is 3. The number of pyridine rings is 1. The smallest absolute Gasteiger partial charge is 0.297 e. The lowest BCUT2D eigenvalue weighted by atomic mass is 10.1. The van der Waals surface area contributed by atoms with Crippen molar-refractivity contribution in [3.05, 3.63) is 59.9 Å². The Morgan fingerprint density at radius 2 is 1.90 bits per heavy atom. The Morgan fingerprint density at radius 1 is 1.10 bits per heavy atom. The molecule has 0 aliphatic heterocycles. The normalized spacial score (nSPS) is 11.8. The van der Waals surface area contributed by atoms with Crippen LogP contribution in [0.3, 0.4) is 0 Å². The lowest BCUT2D eigenvalue weighted by Crippen LogP contribution is -2.04. The number of hydrogen-bond acceptors (Lipinski definition) is 2. The van der Waals surface area contributed by atoms with E-state index in [1.165, 1.54) is 12.1 Å². The Labute approximate surface area is 117 Å². The quantitative estimate of drug-likeness (QED) is 0.672. The van der Waals surface area contributed by atoms with E-state index in [9.17, 15) is 18.0 Å². The lowest BCUT2D eigenvalue weighted by molar-refractivity contribution is -0.137. The van der Waals surface area contributed by atoms with E-state index in [2.05, 4.69) is 4.98 Å². The van der Waals surface area contributed by atoms with Gasteiger partial charge >= 0.3 is 6.18 Å². The van der Waals surface area contributed by atoms with Crippen LogP contribution in [0, 0.1) is 0 Å². The summed E-state index contributed by atoms with van der Waals surface area (Å²) in [6.45, 7) is 0. The fourth-order valence-electron chi connectivity index (χ4n) is 2.18. The van der Waals surface area contributed by atoms with Crippen molar-refractivity contribution in [2.24, 2.45) is 0 Å². The van der Waals surface area contributed by atoms with Crippen LogP contribution in [0.1, 0.15) is 16.1 Å². The van der Waals surface area contributed by atoms with Gasteiger partial charge in [-0.2, -0.15) is 13.2 Å². The van der Waals surface area contributed by atoms with Crippen molar-refractivity contribution in [2.45, 2.75) is 6.18 Å². The van der Waals surface area contributed by atoms with Gasteiger partial charge in [0.05, 0.1) is 5.56 Å². The molecule has 1 aromatic carbocycles. The monoisotopic (exact) mass is 290 g/mol. The van der Waals surface area contributed by atoms with Crippen LogP contribution < -0.4 is 0 Å². The molecule has 0 amide bonds. The number of fused-ring (bicyclic) bond motifs is 1. The Morgan fingerprint density at radius 3 is 2.62 bits per heavy atom. The highest BCUT2D eigenvalue weighted by molar-refractivity contribution is 5.86. The van der Waals surface area contributed by atoms with Gasteiger partial charge in [0.15, 0.2) is 6.29 Å². The van der Waals surface area contributed by atoms with E-state index in [-0.39, 0.29) is 17.0 Å². The SMILES string of the molecule is O=Cc1c(-c2cccc(C(F)(F)F)c2)nc2ccccn12. The molecule has 2 aromatic heterocycles. The fraction of sp³-hybridized carbons (Fsp3) is 0.0667. The number of hydrogen-bond donors (Lipinski definition) is 0. The number of imidazole rings is 1. The van der Waals surface area contributed by atoms with Crippen LogP contribution in [0.4, 0.5) is 13.2 Å². The van der Waals surface area contributed by atoms with Gasteiger partial charge in [0.2, 0.25) is 0 Å². The second-order valence-electron chi connectivity index (χ2n) is 4.47. The van der Waals surface area contributed by atoms with Gasteiger partial charge in [-0.25, -0.2) is 4.98 Å². The minimum Gasteiger partial charge on any atom is -0.297 e. The molecule has 0 N–H and O–H groups in total.